The second-order valence-corrected chi connectivity index (χ2v) is 7.12. The maximum atomic E-state index is 12.3. The summed E-state index contributed by atoms with van der Waals surface area (Å²) >= 11 is 1.37. The van der Waals surface area contributed by atoms with Crippen molar-refractivity contribution in [3.8, 4) is 16.2 Å². The van der Waals surface area contributed by atoms with E-state index in [-0.39, 0.29) is 0 Å². The standard InChI is InChI=1S/C18H20O4S/c1-5-21-14-9-12(16-7-6-15(11-19)23-16)8-13(10-14)17(20)22-18(2,3)4/h6-11H,5H2,1-4H3. The predicted octanol–water partition coefficient (Wildman–Crippen LogP) is 4.58. The smallest absolute Gasteiger partial charge is 0.338 e. The highest BCUT2D eigenvalue weighted by Crippen LogP contribution is 2.32. The van der Waals surface area contributed by atoms with Crippen molar-refractivity contribution >= 4 is 23.6 Å². The molecule has 2 aromatic rings. The second kappa shape index (κ2) is 6.96. The third-order valence-corrected chi connectivity index (χ3v) is 3.94. The van der Waals surface area contributed by atoms with E-state index in [1.165, 1.54) is 11.3 Å². The molecule has 0 aliphatic heterocycles. The molecule has 122 valence electrons. The number of hydrogen-bond acceptors (Lipinski definition) is 5. The third-order valence-electron chi connectivity index (χ3n) is 2.88. The van der Waals surface area contributed by atoms with Crippen LogP contribution in [0.5, 0.6) is 5.75 Å². The molecule has 0 fully saturated rings. The molecule has 0 saturated carbocycles. The fourth-order valence-corrected chi connectivity index (χ4v) is 2.83. The van der Waals surface area contributed by atoms with E-state index in [4.69, 9.17) is 9.47 Å². The quantitative estimate of drug-likeness (QED) is 0.594. The molecule has 1 heterocycles. The fourth-order valence-electron chi connectivity index (χ4n) is 2.02. The van der Waals surface area contributed by atoms with Crippen molar-refractivity contribution in [1.82, 2.24) is 0 Å². The first-order chi connectivity index (χ1) is 10.8. The zero-order valence-corrected chi connectivity index (χ0v) is 14.5. The topological polar surface area (TPSA) is 52.6 Å². The van der Waals surface area contributed by atoms with E-state index >= 15 is 0 Å². The molecule has 0 saturated heterocycles. The van der Waals surface area contributed by atoms with Crippen LogP contribution in [0, 0.1) is 0 Å². The molecule has 0 spiro atoms. The van der Waals surface area contributed by atoms with Crippen LogP contribution in [0.4, 0.5) is 0 Å². The summed E-state index contributed by atoms with van der Waals surface area (Å²) in [5.74, 6) is 0.208. The summed E-state index contributed by atoms with van der Waals surface area (Å²) in [7, 11) is 0. The van der Waals surface area contributed by atoms with E-state index in [1.54, 1.807) is 18.2 Å². The normalized spacial score (nSPS) is 11.1. The Balaban J connectivity index is 2.42. The highest BCUT2D eigenvalue weighted by Gasteiger charge is 2.19. The van der Waals surface area contributed by atoms with Crippen LogP contribution in [0.15, 0.2) is 30.3 Å². The molecule has 0 aliphatic rings. The van der Waals surface area contributed by atoms with Gasteiger partial charge in [-0.2, -0.15) is 0 Å². The number of rotatable bonds is 5. The van der Waals surface area contributed by atoms with Crippen molar-refractivity contribution in [3.05, 3.63) is 40.8 Å². The highest BCUT2D eigenvalue weighted by atomic mass is 32.1. The molecule has 0 unspecified atom stereocenters. The maximum Gasteiger partial charge on any atom is 0.338 e. The van der Waals surface area contributed by atoms with Gasteiger partial charge < -0.3 is 9.47 Å². The third kappa shape index (κ3) is 4.66. The van der Waals surface area contributed by atoms with Gasteiger partial charge in [0.1, 0.15) is 11.4 Å². The van der Waals surface area contributed by atoms with Gasteiger partial charge in [-0.3, -0.25) is 4.79 Å². The number of ether oxygens (including phenoxy) is 2. The Morgan fingerprint density at radius 1 is 1.22 bits per heavy atom. The van der Waals surface area contributed by atoms with Gasteiger partial charge in [-0.05, 0) is 63.6 Å². The number of carbonyl (C=O) groups is 2. The van der Waals surface area contributed by atoms with Crippen molar-refractivity contribution in [2.45, 2.75) is 33.3 Å². The van der Waals surface area contributed by atoms with E-state index in [2.05, 4.69) is 0 Å². The summed E-state index contributed by atoms with van der Waals surface area (Å²) in [6.07, 6.45) is 0.815. The Labute approximate surface area is 140 Å². The Kier molecular flexibility index (Phi) is 5.21. The minimum absolute atomic E-state index is 0.396. The summed E-state index contributed by atoms with van der Waals surface area (Å²) < 4.78 is 11.0. The molecule has 0 N–H and O–H groups in total. The molecule has 23 heavy (non-hydrogen) atoms. The molecule has 0 aliphatic carbocycles. The van der Waals surface area contributed by atoms with Crippen molar-refractivity contribution in [3.63, 3.8) is 0 Å². The molecule has 1 aromatic carbocycles. The van der Waals surface area contributed by atoms with Gasteiger partial charge in [0, 0.05) is 4.88 Å². The van der Waals surface area contributed by atoms with Crippen molar-refractivity contribution in [2.24, 2.45) is 0 Å². The number of hydrogen-bond donors (Lipinski definition) is 0. The lowest BCUT2D eigenvalue weighted by molar-refractivity contribution is 0.00690. The predicted molar refractivity (Wildman–Crippen MR) is 91.5 cm³/mol. The Morgan fingerprint density at radius 2 is 1.96 bits per heavy atom. The van der Waals surface area contributed by atoms with Crippen molar-refractivity contribution in [2.75, 3.05) is 6.61 Å². The first kappa shape index (κ1) is 17.2. The summed E-state index contributed by atoms with van der Waals surface area (Å²) in [6, 6.07) is 8.91. The maximum absolute atomic E-state index is 12.3. The van der Waals surface area contributed by atoms with Crippen LogP contribution in [0.1, 0.15) is 47.7 Å². The first-order valence-corrected chi connectivity index (χ1v) is 8.20. The van der Waals surface area contributed by atoms with Crippen LogP contribution >= 0.6 is 11.3 Å². The van der Waals surface area contributed by atoms with Crippen LogP contribution < -0.4 is 4.74 Å². The molecule has 1 aromatic heterocycles. The van der Waals surface area contributed by atoms with Crippen molar-refractivity contribution < 1.29 is 19.1 Å². The first-order valence-electron chi connectivity index (χ1n) is 7.39. The minimum Gasteiger partial charge on any atom is -0.494 e. The minimum atomic E-state index is -0.563. The molecule has 0 radical (unpaired) electrons. The van der Waals surface area contributed by atoms with Gasteiger partial charge in [0.25, 0.3) is 0 Å². The number of thiophene rings is 1. The van der Waals surface area contributed by atoms with Crippen molar-refractivity contribution in [1.29, 1.82) is 0 Å². The highest BCUT2D eigenvalue weighted by molar-refractivity contribution is 7.17. The zero-order chi connectivity index (χ0) is 17.0. The Bertz CT molecular complexity index is 710. The van der Waals surface area contributed by atoms with Gasteiger partial charge in [0.15, 0.2) is 6.29 Å². The van der Waals surface area contributed by atoms with Crippen LogP contribution in [0.2, 0.25) is 0 Å². The number of carbonyl (C=O) groups excluding carboxylic acids is 2. The van der Waals surface area contributed by atoms with E-state index in [1.807, 2.05) is 39.8 Å². The van der Waals surface area contributed by atoms with Gasteiger partial charge in [-0.1, -0.05) is 0 Å². The van der Waals surface area contributed by atoms with E-state index in [0.29, 0.717) is 22.8 Å². The van der Waals surface area contributed by atoms with E-state index in [0.717, 1.165) is 16.7 Å². The van der Waals surface area contributed by atoms with Gasteiger partial charge >= 0.3 is 5.97 Å². The summed E-state index contributed by atoms with van der Waals surface area (Å²) in [5, 5.41) is 0. The van der Waals surface area contributed by atoms with Crippen LogP contribution in [-0.4, -0.2) is 24.5 Å². The van der Waals surface area contributed by atoms with Crippen LogP contribution in [-0.2, 0) is 4.74 Å². The molecular formula is C18H20O4S. The van der Waals surface area contributed by atoms with E-state index < -0.39 is 11.6 Å². The van der Waals surface area contributed by atoms with Gasteiger partial charge in [0.2, 0.25) is 0 Å². The van der Waals surface area contributed by atoms with Crippen LogP contribution in [0.3, 0.4) is 0 Å². The number of benzene rings is 1. The summed E-state index contributed by atoms with van der Waals surface area (Å²) in [5.41, 5.74) is 0.698. The SMILES string of the molecule is CCOc1cc(C(=O)OC(C)(C)C)cc(-c2ccc(C=O)s2)c1. The lowest BCUT2D eigenvalue weighted by Crippen LogP contribution is -2.23. The van der Waals surface area contributed by atoms with E-state index in [9.17, 15) is 9.59 Å². The van der Waals surface area contributed by atoms with Gasteiger partial charge in [0.05, 0.1) is 17.0 Å². The Hall–Kier alpha value is -2.14. The second-order valence-electron chi connectivity index (χ2n) is 6.00. The average Bonchev–Trinajstić information content (AvgIpc) is 2.94. The van der Waals surface area contributed by atoms with Gasteiger partial charge in [-0.25, -0.2) is 4.79 Å². The lowest BCUT2D eigenvalue weighted by Gasteiger charge is -2.20. The van der Waals surface area contributed by atoms with Gasteiger partial charge in [-0.15, -0.1) is 11.3 Å². The summed E-state index contributed by atoms with van der Waals surface area (Å²) in [4.78, 5) is 24.7. The monoisotopic (exact) mass is 332 g/mol. The molecule has 2 rings (SSSR count). The molecular weight excluding hydrogens is 312 g/mol. The fraction of sp³-hybridized carbons (Fsp3) is 0.333. The number of aldehydes is 1. The summed E-state index contributed by atoms with van der Waals surface area (Å²) in [6.45, 7) is 7.87. The lowest BCUT2D eigenvalue weighted by atomic mass is 10.1. The molecule has 0 bridgehead atoms. The molecule has 5 heteroatoms. The molecule has 0 amide bonds. The van der Waals surface area contributed by atoms with Crippen LogP contribution in [0.25, 0.3) is 10.4 Å². The average molecular weight is 332 g/mol. The zero-order valence-electron chi connectivity index (χ0n) is 13.7. The molecule has 0 atom stereocenters. The Morgan fingerprint density at radius 3 is 2.52 bits per heavy atom. The largest absolute Gasteiger partial charge is 0.494 e. The molecule has 4 nitrogen and oxygen atoms in total. The number of esters is 1.